The Bertz CT molecular complexity index is 396. The number of rotatable bonds is 7. The van der Waals surface area contributed by atoms with Crippen molar-refractivity contribution in [1.29, 1.82) is 0 Å². The zero-order chi connectivity index (χ0) is 13.5. The monoisotopic (exact) mass is 267 g/mol. The summed E-state index contributed by atoms with van der Waals surface area (Å²) in [6.45, 7) is 7.61. The Morgan fingerprint density at radius 2 is 2.28 bits per heavy atom. The maximum absolute atomic E-state index is 5.69. The highest BCUT2D eigenvalue weighted by Gasteiger charge is 2.16. The van der Waals surface area contributed by atoms with Gasteiger partial charge in [-0.05, 0) is 25.0 Å². The Balaban J connectivity index is 2.83. The molecule has 1 rings (SSSR count). The lowest BCUT2D eigenvalue weighted by Crippen LogP contribution is -2.32. The highest BCUT2D eigenvalue weighted by molar-refractivity contribution is 7.80. The number of nitrogens with two attached hydrogens (primary N) is 1. The van der Waals surface area contributed by atoms with E-state index in [9.17, 15) is 0 Å². The van der Waals surface area contributed by atoms with Crippen LogP contribution in [-0.4, -0.2) is 29.2 Å². The van der Waals surface area contributed by atoms with Gasteiger partial charge in [0.1, 0.15) is 10.8 Å². The molecule has 0 aliphatic carbocycles. The van der Waals surface area contributed by atoms with Crippen molar-refractivity contribution in [3.05, 3.63) is 23.9 Å². The number of hydrogen-bond donors (Lipinski definition) is 2. The molecule has 0 saturated carbocycles. The van der Waals surface area contributed by atoms with Gasteiger partial charge < -0.3 is 15.8 Å². The molecule has 0 aliphatic heterocycles. The summed E-state index contributed by atoms with van der Waals surface area (Å²) in [6, 6.07) is 3.88. The van der Waals surface area contributed by atoms with Crippen LogP contribution in [0.5, 0.6) is 0 Å². The molecular weight excluding hydrogens is 246 g/mol. The number of thiocarbonyl (C=S) groups is 1. The van der Waals surface area contributed by atoms with E-state index in [4.69, 9.17) is 22.7 Å². The summed E-state index contributed by atoms with van der Waals surface area (Å²) < 4.78 is 5.48. The van der Waals surface area contributed by atoms with Gasteiger partial charge in [-0.2, -0.15) is 0 Å². The molecule has 0 amide bonds. The van der Waals surface area contributed by atoms with Gasteiger partial charge in [-0.25, -0.2) is 4.98 Å². The van der Waals surface area contributed by atoms with Crippen LogP contribution in [0.1, 0.15) is 26.3 Å². The lowest BCUT2D eigenvalue weighted by Gasteiger charge is -2.23. The third kappa shape index (κ3) is 4.23. The first-order valence-electron chi connectivity index (χ1n) is 6.15. The van der Waals surface area contributed by atoms with Crippen LogP contribution in [-0.2, 0) is 4.74 Å². The molecule has 1 atom stereocenters. The van der Waals surface area contributed by atoms with Crippen LogP contribution in [0.2, 0.25) is 0 Å². The molecule has 3 N–H and O–H groups in total. The van der Waals surface area contributed by atoms with Crippen LogP contribution in [0.3, 0.4) is 0 Å². The van der Waals surface area contributed by atoms with Crippen LogP contribution in [0.25, 0.3) is 0 Å². The first kappa shape index (κ1) is 14.9. The minimum Gasteiger partial charge on any atom is -0.389 e. The number of ether oxygens (including phenoxy) is 1. The molecule has 1 heterocycles. The predicted octanol–water partition coefficient (Wildman–Crippen LogP) is 2.19. The van der Waals surface area contributed by atoms with Gasteiger partial charge >= 0.3 is 0 Å². The van der Waals surface area contributed by atoms with Gasteiger partial charge in [0.05, 0.1) is 18.2 Å². The molecule has 0 bridgehead atoms. The van der Waals surface area contributed by atoms with Crippen molar-refractivity contribution < 1.29 is 4.74 Å². The second-order valence-electron chi connectivity index (χ2n) is 4.42. The van der Waals surface area contributed by atoms with E-state index in [0.29, 0.717) is 24.1 Å². The van der Waals surface area contributed by atoms with Gasteiger partial charge in [-0.15, -0.1) is 0 Å². The molecule has 5 heteroatoms. The molecule has 18 heavy (non-hydrogen) atoms. The SMILES string of the molecule is CCOCC(Nc1ncccc1C(N)=S)C(C)C. The number of pyridine rings is 1. The summed E-state index contributed by atoms with van der Waals surface area (Å²) >= 11 is 5.02. The van der Waals surface area contributed by atoms with Gasteiger partial charge in [0.2, 0.25) is 0 Å². The largest absolute Gasteiger partial charge is 0.389 e. The van der Waals surface area contributed by atoms with E-state index in [1.54, 1.807) is 6.20 Å². The van der Waals surface area contributed by atoms with Crippen LogP contribution in [0.4, 0.5) is 5.82 Å². The molecule has 1 aromatic heterocycles. The van der Waals surface area contributed by atoms with E-state index >= 15 is 0 Å². The van der Waals surface area contributed by atoms with Gasteiger partial charge in [0.15, 0.2) is 0 Å². The average molecular weight is 267 g/mol. The molecule has 100 valence electrons. The summed E-state index contributed by atoms with van der Waals surface area (Å²) in [6.07, 6.45) is 1.72. The van der Waals surface area contributed by atoms with E-state index in [2.05, 4.69) is 24.1 Å². The number of nitrogens with one attached hydrogen (secondary N) is 1. The molecule has 0 radical (unpaired) electrons. The van der Waals surface area contributed by atoms with Crippen LogP contribution in [0, 0.1) is 5.92 Å². The minimum atomic E-state index is 0.188. The Hall–Kier alpha value is -1.20. The minimum absolute atomic E-state index is 0.188. The molecule has 0 aromatic carbocycles. The zero-order valence-corrected chi connectivity index (χ0v) is 12.0. The quantitative estimate of drug-likeness (QED) is 0.742. The molecule has 0 aliphatic rings. The van der Waals surface area contributed by atoms with Crippen molar-refractivity contribution in [2.45, 2.75) is 26.8 Å². The highest BCUT2D eigenvalue weighted by Crippen LogP contribution is 2.15. The van der Waals surface area contributed by atoms with Crippen molar-refractivity contribution in [2.24, 2.45) is 11.7 Å². The third-order valence-electron chi connectivity index (χ3n) is 2.70. The molecule has 0 spiro atoms. The second kappa shape index (κ2) is 7.28. The fourth-order valence-corrected chi connectivity index (χ4v) is 1.71. The summed E-state index contributed by atoms with van der Waals surface area (Å²) in [5, 5.41) is 3.36. The number of hydrogen-bond acceptors (Lipinski definition) is 4. The molecule has 0 fully saturated rings. The standard InChI is InChI=1S/C13H21N3OS/c1-4-17-8-11(9(2)3)16-13-10(12(14)18)6-5-7-15-13/h5-7,9,11H,4,8H2,1-3H3,(H2,14,18)(H,15,16). The van der Waals surface area contributed by atoms with E-state index in [0.717, 1.165) is 11.4 Å². The first-order chi connectivity index (χ1) is 8.56. The summed E-state index contributed by atoms with van der Waals surface area (Å²) in [5.41, 5.74) is 6.46. The predicted molar refractivity (Wildman–Crippen MR) is 78.9 cm³/mol. The Morgan fingerprint density at radius 3 is 2.83 bits per heavy atom. The van der Waals surface area contributed by atoms with Crippen molar-refractivity contribution in [2.75, 3.05) is 18.5 Å². The topological polar surface area (TPSA) is 60.2 Å². The van der Waals surface area contributed by atoms with E-state index in [-0.39, 0.29) is 6.04 Å². The highest BCUT2D eigenvalue weighted by atomic mass is 32.1. The van der Waals surface area contributed by atoms with E-state index < -0.39 is 0 Å². The summed E-state index contributed by atoms with van der Waals surface area (Å²) in [7, 11) is 0. The normalized spacial score (nSPS) is 12.4. The van der Waals surface area contributed by atoms with Crippen molar-refractivity contribution in [3.8, 4) is 0 Å². The van der Waals surface area contributed by atoms with Crippen LogP contribution < -0.4 is 11.1 Å². The number of anilines is 1. The fraction of sp³-hybridized carbons (Fsp3) is 0.538. The maximum atomic E-state index is 5.69. The Kier molecular flexibility index (Phi) is 6.01. The smallest absolute Gasteiger partial charge is 0.136 e. The van der Waals surface area contributed by atoms with Gasteiger partial charge in [-0.3, -0.25) is 0 Å². The zero-order valence-electron chi connectivity index (χ0n) is 11.1. The summed E-state index contributed by atoms with van der Waals surface area (Å²) in [5.74, 6) is 1.15. The maximum Gasteiger partial charge on any atom is 0.136 e. The molecule has 4 nitrogen and oxygen atoms in total. The number of nitrogens with zero attached hydrogens (tertiary/aromatic N) is 1. The van der Waals surface area contributed by atoms with Crippen LogP contribution >= 0.6 is 12.2 Å². The van der Waals surface area contributed by atoms with Gasteiger partial charge in [0, 0.05) is 12.8 Å². The van der Waals surface area contributed by atoms with Crippen molar-refractivity contribution >= 4 is 23.0 Å². The lowest BCUT2D eigenvalue weighted by atomic mass is 10.1. The average Bonchev–Trinajstić information content (AvgIpc) is 2.34. The van der Waals surface area contributed by atoms with E-state index in [1.807, 2.05) is 19.1 Å². The van der Waals surface area contributed by atoms with Gasteiger partial charge in [-0.1, -0.05) is 26.1 Å². The number of aromatic nitrogens is 1. The molecular formula is C13H21N3OS. The Labute approximate surface area is 114 Å². The molecule has 1 unspecified atom stereocenters. The van der Waals surface area contributed by atoms with Gasteiger partial charge in [0.25, 0.3) is 0 Å². The Morgan fingerprint density at radius 1 is 1.56 bits per heavy atom. The van der Waals surface area contributed by atoms with Crippen molar-refractivity contribution in [1.82, 2.24) is 4.98 Å². The molecule has 1 aromatic rings. The lowest BCUT2D eigenvalue weighted by molar-refractivity contribution is 0.126. The fourth-order valence-electron chi connectivity index (χ4n) is 1.54. The van der Waals surface area contributed by atoms with Crippen molar-refractivity contribution in [3.63, 3.8) is 0 Å². The first-order valence-corrected chi connectivity index (χ1v) is 6.56. The second-order valence-corrected chi connectivity index (χ2v) is 4.86. The third-order valence-corrected chi connectivity index (χ3v) is 2.92. The summed E-state index contributed by atoms with van der Waals surface area (Å²) in [4.78, 5) is 4.65. The molecule has 0 saturated heterocycles. The van der Waals surface area contributed by atoms with E-state index in [1.165, 1.54) is 0 Å². The van der Waals surface area contributed by atoms with Crippen LogP contribution in [0.15, 0.2) is 18.3 Å².